The van der Waals surface area contributed by atoms with Crippen LogP contribution in [0.15, 0.2) is 69.2 Å². The van der Waals surface area contributed by atoms with Crippen LogP contribution < -0.4 is 10.6 Å². The second-order valence-corrected chi connectivity index (χ2v) is 11.9. The fraction of sp³-hybridized carbons (Fsp3) is 0.296. The molecule has 2 aromatic carbocycles. The maximum Gasteiger partial charge on any atom is 0.315 e. The zero-order valence-corrected chi connectivity index (χ0v) is 22.0. The van der Waals surface area contributed by atoms with Crippen molar-refractivity contribution in [2.24, 2.45) is 10.9 Å². The van der Waals surface area contributed by atoms with Crippen LogP contribution in [-0.4, -0.2) is 40.5 Å². The first-order chi connectivity index (χ1) is 18.2. The summed E-state index contributed by atoms with van der Waals surface area (Å²) < 4.78 is 49.7. The predicted octanol–water partition coefficient (Wildman–Crippen LogP) is 4.84. The molecule has 1 fully saturated rings. The molecule has 0 saturated heterocycles. The van der Waals surface area contributed by atoms with Gasteiger partial charge in [-0.3, -0.25) is 0 Å². The zero-order chi connectivity index (χ0) is 26.6. The molecule has 1 aliphatic heterocycles. The summed E-state index contributed by atoms with van der Waals surface area (Å²) in [6, 6.07) is 9.61. The van der Waals surface area contributed by atoms with Crippen LogP contribution in [0.3, 0.4) is 0 Å². The number of anilines is 1. The lowest BCUT2D eigenvalue weighted by Crippen LogP contribution is -2.37. The Labute approximate surface area is 219 Å². The molecule has 0 spiro atoms. The van der Waals surface area contributed by atoms with E-state index in [2.05, 4.69) is 25.8 Å². The number of amidine groups is 1. The Balaban J connectivity index is 1.53. The highest BCUT2D eigenvalue weighted by atomic mass is 32.2. The highest BCUT2D eigenvalue weighted by molar-refractivity contribution is 7.90. The summed E-state index contributed by atoms with van der Waals surface area (Å²) in [5.41, 5.74) is 1.72. The topological polar surface area (TPSA) is 114 Å². The molecule has 3 heterocycles. The SMILES string of the molecule is Cc1ccc(S(=O)(=O)n2cc(C3=NC=CC(C4CC4)N3)c3cc(-c4nnc(NC(C)C)o4)c(F)cc32)cc1. The molecule has 1 aliphatic carbocycles. The van der Waals surface area contributed by atoms with E-state index in [-0.39, 0.29) is 40.0 Å². The van der Waals surface area contributed by atoms with Crippen molar-refractivity contribution in [1.29, 1.82) is 0 Å². The Kier molecular flexibility index (Phi) is 5.82. The van der Waals surface area contributed by atoms with Crippen LogP contribution in [0.25, 0.3) is 22.4 Å². The number of benzene rings is 2. The maximum absolute atomic E-state index is 15.5. The van der Waals surface area contributed by atoms with Gasteiger partial charge in [0.1, 0.15) is 11.7 Å². The molecule has 196 valence electrons. The summed E-state index contributed by atoms with van der Waals surface area (Å²) in [7, 11) is -4.03. The van der Waals surface area contributed by atoms with Crippen molar-refractivity contribution < 1.29 is 17.2 Å². The van der Waals surface area contributed by atoms with Crippen LogP contribution in [-0.2, 0) is 10.0 Å². The third kappa shape index (κ3) is 4.36. The average Bonchev–Trinajstić information content (AvgIpc) is 3.53. The third-order valence-electron chi connectivity index (χ3n) is 6.69. The van der Waals surface area contributed by atoms with Crippen LogP contribution >= 0.6 is 0 Å². The highest BCUT2D eigenvalue weighted by Gasteiger charge is 2.33. The van der Waals surface area contributed by atoms with E-state index in [0.29, 0.717) is 22.7 Å². The average molecular weight is 535 g/mol. The summed E-state index contributed by atoms with van der Waals surface area (Å²) in [5, 5.41) is 14.9. The minimum Gasteiger partial charge on any atom is -0.403 e. The summed E-state index contributed by atoms with van der Waals surface area (Å²) in [4.78, 5) is 4.62. The Hall–Kier alpha value is -3.99. The minimum atomic E-state index is -4.03. The van der Waals surface area contributed by atoms with Gasteiger partial charge in [-0.1, -0.05) is 22.8 Å². The van der Waals surface area contributed by atoms with Gasteiger partial charge in [0.15, 0.2) is 0 Å². The molecule has 0 radical (unpaired) electrons. The van der Waals surface area contributed by atoms with E-state index >= 15 is 4.39 Å². The van der Waals surface area contributed by atoms with Gasteiger partial charge in [-0.15, -0.1) is 5.10 Å². The lowest BCUT2D eigenvalue weighted by atomic mass is 10.1. The van der Waals surface area contributed by atoms with Gasteiger partial charge < -0.3 is 15.1 Å². The first-order valence-electron chi connectivity index (χ1n) is 12.5. The van der Waals surface area contributed by atoms with Crippen molar-refractivity contribution in [2.45, 2.75) is 50.6 Å². The molecular formula is C27H27FN6O3S. The molecule has 2 aromatic heterocycles. The molecule has 1 atom stereocenters. The normalized spacial score (nSPS) is 17.6. The Morgan fingerprint density at radius 3 is 2.61 bits per heavy atom. The number of nitrogens with one attached hydrogen (secondary N) is 2. The Morgan fingerprint density at radius 2 is 1.89 bits per heavy atom. The van der Waals surface area contributed by atoms with Crippen molar-refractivity contribution in [3.63, 3.8) is 0 Å². The number of aryl methyl sites for hydroxylation is 1. The second kappa shape index (κ2) is 9.09. The number of aliphatic imine (C=N–C) groups is 1. The second-order valence-electron chi connectivity index (χ2n) is 10.0. The van der Waals surface area contributed by atoms with Crippen LogP contribution in [0.4, 0.5) is 10.4 Å². The molecule has 9 nitrogen and oxygen atoms in total. The lowest BCUT2D eigenvalue weighted by Gasteiger charge is -2.20. The van der Waals surface area contributed by atoms with Crippen LogP contribution in [0.5, 0.6) is 0 Å². The van der Waals surface area contributed by atoms with Gasteiger partial charge in [-0.05, 0) is 63.8 Å². The van der Waals surface area contributed by atoms with E-state index in [4.69, 9.17) is 4.42 Å². The smallest absolute Gasteiger partial charge is 0.315 e. The number of aromatic nitrogens is 3. The van der Waals surface area contributed by atoms with E-state index in [1.165, 1.54) is 12.3 Å². The minimum absolute atomic E-state index is 0.0121. The van der Waals surface area contributed by atoms with Crippen LogP contribution in [0.2, 0.25) is 0 Å². The number of rotatable bonds is 7. The third-order valence-corrected chi connectivity index (χ3v) is 8.38. The molecule has 38 heavy (non-hydrogen) atoms. The fourth-order valence-electron chi connectivity index (χ4n) is 4.56. The molecule has 11 heteroatoms. The molecule has 2 N–H and O–H groups in total. The van der Waals surface area contributed by atoms with Gasteiger partial charge in [-0.25, -0.2) is 21.8 Å². The number of nitrogens with zero attached hydrogens (tertiary/aromatic N) is 4. The number of hydrogen-bond donors (Lipinski definition) is 2. The largest absolute Gasteiger partial charge is 0.403 e. The first kappa shape index (κ1) is 24.4. The van der Waals surface area contributed by atoms with Gasteiger partial charge in [0.2, 0.25) is 0 Å². The maximum atomic E-state index is 15.5. The number of hydrogen-bond acceptors (Lipinski definition) is 8. The van der Waals surface area contributed by atoms with Gasteiger partial charge in [-0.2, -0.15) is 0 Å². The van der Waals surface area contributed by atoms with Crippen molar-refractivity contribution >= 4 is 32.8 Å². The lowest BCUT2D eigenvalue weighted by molar-refractivity contribution is 0.564. The van der Waals surface area contributed by atoms with Crippen molar-refractivity contribution in [2.75, 3.05) is 5.32 Å². The summed E-state index contributed by atoms with van der Waals surface area (Å²) in [5.74, 6) is 0.343. The summed E-state index contributed by atoms with van der Waals surface area (Å²) in [6.07, 6.45) is 7.49. The van der Waals surface area contributed by atoms with Crippen molar-refractivity contribution in [1.82, 2.24) is 19.5 Å². The molecular weight excluding hydrogens is 507 g/mol. The molecule has 0 bridgehead atoms. The zero-order valence-electron chi connectivity index (χ0n) is 21.1. The number of halogens is 1. The quantitative estimate of drug-likeness (QED) is 0.349. The molecule has 1 saturated carbocycles. The van der Waals surface area contributed by atoms with Gasteiger partial charge in [0.25, 0.3) is 15.9 Å². The van der Waals surface area contributed by atoms with Gasteiger partial charge in [0, 0.05) is 35.5 Å². The van der Waals surface area contributed by atoms with E-state index < -0.39 is 15.8 Å². The predicted molar refractivity (Wildman–Crippen MR) is 143 cm³/mol. The number of fused-ring (bicyclic) bond motifs is 1. The van der Waals surface area contributed by atoms with Gasteiger partial charge in [0.05, 0.1) is 22.0 Å². The molecule has 2 aliphatic rings. The monoisotopic (exact) mass is 534 g/mol. The van der Waals surface area contributed by atoms with E-state index in [1.54, 1.807) is 36.5 Å². The van der Waals surface area contributed by atoms with Gasteiger partial charge >= 0.3 is 6.01 Å². The van der Waals surface area contributed by atoms with Crippen molar-refractivity contribution in [3.05, 3.63) is 71.8 Å². The standard InChI is InChI=1S/C27H27FN6O3S/c1-15(2)30-27-33-32-26(37-27)20-12-19-21(25-29-11-10-23(31-25)17-6-7-17)14-34(24(19)13-22(20)28)38(35,36)18-8-4-16(3)5-9-18/h4-5,8-15,17,23H,6-7H2,1-3H3,(H,29,31)(H,30,33). The van der Waals surface area contributed by atoms with E-state index in [0.717, 1.165) is 22.4 Å². The molecule has 6 rings (SSSR count). The molecule has 0 amide bonds. The molecule has 1 unspecified atom stereocenters. The first-order valence-corrected chi connectivity index (χ1v) is 13.9. The van der Waals surface area contributed by atoms with Crippen LogP contribution in [0.1, 0.15) is 37.8 Å². The van der Waals surface area contributed by atoms with Crippen LogP contribution in [0, 0.1) is 18.7 Å². The Bertz CT molecular complexity index is 1700. The van der Waals surface area contributed by atoms with E-state index in [1.807, 2.05) is 26.8 Å². The highest BCUT2D eigenvalue weighted by Crippen LogP contribution is 2.36. The Morgan fingerprint density at radius 1 is 1.13 bits per heavy atom. The summed E-state index contributed by atoms with van der Waals surface area (Å²) in [6.45, 7) is 5.72. The fourth-order valence-corrected chi connectivity index (χ4v) is 5.92. The summed E-state index contributed by atoms with van der Waals surface area (Å²) >= 11 is 0. The molecule has 4 aromatic rings. The van der Waals surface area contributed by atoms with E-state index in [9.17, 15) is 8.42 Å². The van der Waals surface area contributed by atoms with Crippen molar-refractivity contribution in [3.8, 4) is 11.5 Å².